The fraction of sp³-hybridized carbons (Fsp3) is 0.647. The van der Waals surface area contributed by atoms with Gasteiger partial charge < -0.3 is 5.11 Å². The van der Waals surface area contributed by atoms with Crippen molar-refractivity contribution in [1.82, 2.24) is 9.80 Å². The van der Waals surface area contributed by atoms with Crippen molar-refractivity contribution in [3.63, 3.8) is 0 Å². The number of hydrogen-bond acceptors (Lipinski definition) is 3. The Morgan fingerprint density at radius 3 is 2.40 bits per heavy atom. The molecular weight excluding hydrogens is 248 g/mol. The van der Waals surface area contributed by atoms with Gasteiger partial charge in [-0.05, 0) is 62.9 Å². The summed E-state index contributed by atoms with van der Waals surface area (Å²) in [5.74, 6) is 0.449. The minimum absolute atomic E-state index is 0.449. The molecule has 0 radical (unpaired) electrons. The lowest BCUT2D eigenvalue weighted by molar-refractivity contribution is 0.230. The summed E-state index contributed by atoms with van der Waals surface area (Å²) in [5, 5.41) is 9.86. The molecule has 2 fully saturated rings. The Kier molecular flexibility index (Phi) is 3.99. The predicted molar refractivity (Wildman–Crippen MR) is 82.1 cm³/mol. The highest BCUT2D eigenvalue weighted by atomic mass is 16.3. The molecule has 3 rings (SSSR count). The number of rotatable bonds is 3. The summed E-state index contributed by atoms with van der Waals surface area (Å²) in [6.45, 7) is 10.0. The van der Waals surface area contributed by atoms with Crippen molar-refractivity contribution < 1.29 is 5.11 Å². The molecule has 0 aromatic heterocycles. The average Bonchev–Trinajstić information content (AvgIpc) is 3.05. The Balaban J connectivity index is 1.61. The number of phenols is 1. The summed E-state index contributed by atoms with van der Waals surface area (Å²) in [4.78, 5) is 5.24. The first kappa shape index (κ1) is 13.9. The Hall–Kier alpha value is -1.06. The zero-order chi connectivity index (χ0) is 14.1. The Bertz CT molecular complexity index is 457. The lowest BCUT2D eigenvalue weighted by atomic mass is 10.1. The van der Waals surface area contributed by atoms with Crippen LogP contribution in [0.25, 0.3) is 0 Å². The van der Waals surface area contributed by atoms with Crippen LogP contribution in [0.3, 0.4) is 0 Å². The van der Waals surface area contributed by atoms with E-state index in [1.165, 1.54) is 51.0 Å². The van der Waals surface area contributed by atoms with Gasteiger partial charge in [-0.15, -0.1) is 0 Å². The van der Waals surface area contributed by atoms with E-state index in [-0.39, 0.29) is 0 Å². The van der Waals surface area contributed by atoms with E-state index in [4.69, 9.17) is 0 Å². The van der Waals surface area contributed by atoms with Gasteiger partial charge in [-0.1, -0.05) is 12.1 Å². The molecule has 0 bridgehead atoms. The van der Waals surface area contributed by atoms with Crippen molar-refractivity contribution in [3.8, 4) is 5.75 Å². The second kappa shape index (κ2) is 5.74. The van der Waals surface area contributed by atoms with Crippen molar-refractivity contribution in [3.05, 3.63) is 28.8 Å². The largest absolute Gasteiger partial charge is 0.507 e. The number of likely N-dealkylation sites (tertiary alicyclic amines) is 2. The lowest BCUT2D eigenvalue weighted by Gasteiger charge is -2.24. The molecule has 1 atom stereocenters. The summed E-state index contributed by atoms with van der Waals surface area (Å²) < 4.78 is 0. The zero-order valence-corrected chi connectivity index (χ0v) is 12.7. The summed E-state index contributed by atoms with van der Waals surface area (Å²) in [6.07, 6.45) is 4.08. The topological polar surface area (TPSA) is 26.7 Å². The van der Waals surface area contributed by atoms with Gasteiger partial charge in [0, 0.05) is 25.7 Å². The first-order valence-electron chi connectivity index (χ1n) is 7.89. The smallest absolute Gasteiger partial charge is 0.121 e. The third-order valence-electron chi connectivity index (χ3n) is 4.86. The fourth-order valence-corrected chi connectivity index (χ4v) is 3.76. The Labute approximate surface area is 122 Å². The third kappa shape index (κ3) is 2.84. The maximum atomic E-state index is 9.86. The molecule has 20 heavy (non-hydrogen) atoms. The van der Waals surface area contributed by atoms with Crippen molar-refractivity contribution in [2.45, 2.75) is 45.7 Å². The van der Waals surface area contributed by atoms with Crippen LogP contribution in [0.4, 0.5) is 0 Å². The Morgan fingerprint density at radius 1 is 1.10 bits per heavy atom. The standard InChI is InChI=1S/C17H26N2O/c1-13-9-15(10-14(2)17(13)20)11-18-8-5-16(12-18)19-6-3-4-7-19/h9-10,16,20H,3-8,11-12H2,1-2H3. The zero-order valence-electron chi connectivity index (χ0n) is 12.7. The van der Waals surface area contributed by atoms with Crippen LogP contribution in [-0.2, 0) is 6.54 Å². The number of benzene rings is 1. The molecule has 1 unspecified atom stereocenters. The fourth-order valence-electron chi connectivity index (χ4n) is 3.76. The number of hydrogen-bond donors (Lipinski definition) is 1. The van der Waals surface area contributed by atoms with E-state index < -0.39 is 0 Å². The highest BCUT2D eigenvalue weighted by molar-refractivity contribution is 5.42. The number of nitrogens with zero attached hydrogens (tertiary/aromatic N) is 2. The molecule has 1 aromatic rings. The normalized spacial score (nSPS) is 24.6. The van der Waals surface area contributed by atoms with Gasteiger partial charge in [0.1, 0.15) is 5.75 Å². The van der Waals surface area contributed by atoms with E-state index in [0.29, 0.717) is 5.75 Å². The monoisotopic (exact) mass is 274 g/mol. The van der Waals surface area contributed by atoms with Crippen molar-refractivity contribution in [1.29, 1.82) is 0 Å². The second-order valence-corrected chi connectivity index (χ2v) is 6.50. The first-order chi connectivity index (χ1) is 9.63. The van der Waals surface area contributed by atoms with Crippen LogP contribution in [0.1, 0.15) is 36.0 Å². The van der Waals surface area contributed by atoms with Crippen LogP contribution < -0.4 is 0 Å². The molecule has 0 aliphatic carbocycles. The van der Waals surface area contributed by atoms with Crippen molar-refractivity contribution in [2.75, 3.05) is 26.2 Å². The maximum Gasteiger partial charge on any atom is 0.121 e. The van der Waals surface area contributed by atoms with Gasteiger partial charge in [0.25, 0.3) is 0 Å². The molecule has 0 spiro atoms. The van der Waals surface area contributed by atoms with Gasteiger partial charge in [0.2, 0.25) is 0 Å². The molecular formula is C17H26N2O. The van der Waals surface area contributed by atoms with Crippen LogP contribution in [-0.4, -0.2) is 47.1 Å². The Morgan fingerprint density at radius 2 is 1.75 bits per heavy atom. The molecule has 2 aliphatic heterocycles. The van der Waals surface area contributed by atoms with Crippen LogP contribution >= 0.6 is 0 Å². The first-order valence-corrected chi connectivity index (χ1v) is 7.89. The van der Waals surface area contributed by atoms with Crippen LogP contribution in [0.5, 0.6) is 5.75 Å². The lowest BCUT2D eigenvalue weighted by Crippen LogP contribution is -2.35. The summed E-state index contributed by atoms with van der Waals surface area (Å²) in [6, 6.07) is 5.04. The van der Waals surface area contributed by atoms with E-state index >= 15 is 0 Å². The molecule has 1 aromatic carbocycles. The highest BCUT2D eigenvalue weighted by Gasteiger charge is 2.29. The number of aryl methyl sites for hydroxylation is 2. The van der Waals surface area contributed by atoms with E-state index in [1.807, 2.05) is 13.8 Å². The average molecular weight is 274 g/mol. The van der Waals surface area contributed by atoms with Gasteiger partial charge in [-0.2, -0.15) is 0 Å². The molecule has 2 saturated heterocycles. The van der Waals surface area contributed by atoms with Gasteiger partial charge in [-0.25, -0.2) is 0 Å². The third-order valence-corrected chi connectivity index (χ3v) is 4.86. The van der Waals surface area contributed by atoms with E-state index in [1.54, 1.807) is 0 Å². The van der Waals surface area contributed by atoms with Gasteiger partial charge in [0.15, 0.2) is 0 Å². The molecule has 0 saturated carbocycles. The highest BCUT2D eigenvalue weighted by Crippen LogP contribution is 2.26. The summed E-state index contributed by atoms with van der Waals surface area (Å²) in [5.41, 5.74) is 3.32. The molecule has 3 heteroatoms. The molecule has 3 nitrogen and oxygen atoms in total. The number of phenolic OH excluding ortho intramolecular Hbond substituents is 1. The van der Waals surface area contributed by atoms with E-state index in [2.05, 4.69) is 21.9 Å². The molecule has 110 valence electrons. The minimum atomic E-state index is 0.449. The van der Waals surface area contributed by atoms with Crippen molar-refractivity contribution in [2.24, 2.45) is 0 Å². The van der Waals surface area contributed by atoms with Gasteiger partial charge >= 0.3 is 0 Å². The molecule has 0 amide bonds. The van der Waals surface area contributed by atoms with Gasteiger partial charge in [0.05, 0.1) is 0 Å². The van der Waals surface area contributed by atoms with Crippen LogP contribution in [0, 0.1) is 13.8 Å². The second-order valence-electron chi connectivity index (χ2n) is 6.50. The SMILES string of the molecule is Cc1cc(CN2CCC(N3CCCC3)C2)cc(C)c1O. The van der Waals surface area contributed by atoms with E-state index in [0.717, 1.165) is 23.7 Å². The molecule has 2 heterocycles. The molecule has 1 N–H and O–H groups in total. The predicted octanol–water partition coefficient (Wildman–Crippen LogP) is 2.68. The summed E-state index contributed by atoms with van der Waals surface area (Å²) >= 11 is 0. The minimum Gasteiger partial charge on any atom is -0.507 e. The maximum absolute atomic E-state index is 9.86. The summed E-state index contributed by atoms with van der Waals surface area (Å²) in [7, 11) is 0. The van der Waals surface area contributed by atoms with E-state index in [9.17, 15) is 5.11 Å². The van der Waals surface area contributed by atoms with Crippen molar-refractivity contribution >= 4 is 0 Å². The molecule has 2 aliphatic rings. The van der Waals surface area contributed by atoms with Crippen LogP contribution in [0.15, 0.2) is 12.1 Å². The van der Waals surface area contributed by atoms with Crippen LogP contribution in [0.2, 0.25) is 0 Å². The number of aromatic hydroxyl groups is 1. The quantitative estimate of drug-likeness (QED) is 0.918. The van der Waals surface area contributed by atoms with Gasteiger partial charge in [-0.3, -0.25) is 9.80 Å².